The first-order valence-electron chi connectivity index (χ1n) is 9.79. The average molecular weight is 389 g/mol. The lowest BCUT2D eigenvalue weighted by Crippen LogP contribution is -2.46. The molecule has 1 aromatic carbocycles. The van der Waals surface area contributed by atoms with Crippen molar-refractivity contribution in [1.82, 2.24) is 4.90 Å². The van der Waals surface area contributed by atoms with E-state index in [1.54, 1.807) is 24.0 Å². The summed E-state index contributed by atoms with van der Waals surface area (Å²) in [6, 6.07) is 4.74. The molecular weight excluding hydrogens is 361 g/mol. The van der Waals surface area contributed by atoms with Crippen LogP contribution in [0.15, 0.2) is 24.3 Å². The van der Waals surface area contributed by atoms with Crippen LogP contribution in [0.3, 0.4) is 0 Å². The van der Waals surface area contributed by atoms with E-state index in [1.807, 2.05) is 20.8 Å². The number of carbonyl (C=O) groups is 2. The van der Waals surface area contributed by atoms with Crippen molar-refractivity contribution < 1.29 is 23.5 Å². The summed E-state index contributed by atoms with van der Waals surface area (Å²) < 4.78 is 24.5. The van der Waals surface area contributed by atoms with Gasteiger partial charge >= 0.3 is 12.1 Å². The Bertz CT molecular complexity index is 801. The molecule has 6 heteroatoms. The summed E-state index contributed by atoms with van der Waals surface area (Å²) in [5, 5.41) is 0. The van der Waals surface area contributed by atoms with Crippen LogP contribution in [0.4, 0.5) is 9.18 Å². The van der Waals surface area contributed by atoms with Crippen LogP contribution < -0.4 is 0 Å². The summed E-state index contributed by atoms with van der Waals surface area (Å²) in [4.78, 5) is 26.1. The number of carbonyl (C=O) groups excluding carboxylic acids is 2. The molecule has 1 spiro atoms. The Balaban J connectivity index is 1.83. The van der Waals surface area contributed by atoms with Gasteiger partial charge in [0.2, 0.25) is 0 Å². The van der Waals surface area contributed by atoms with E-state index in [9.17, 15) is 14.0 Å². The van der Waals surface area contributed by atoms with Gasteiger partial charge in [0, 0.05) is 24.6 Å². The number of amides is 1. The second-order valence-electron chi connectivity index (χ2n) is 8.54. The lowest BCUT2D eigenvalue weighted by molar-refractivity contribution is -0.137. The van der Waals surface area contributed by atoms with E-state index in [2.05, 4.69) is 0 Å². The third kappa shape index (κ3) is 4.21. The van der Waals surface area contributed by atoms with Gasteiger partial charge in [-0.15, -0.1) is 0 Å². The van der Waals surface area contributed by atoms with Gasteiger partial charge in [-0.1, -0.05) is 6.07 Å². The molecule has 1 fully saturated rings. The molecule has 0 unspecified atom stereocenters. The van der Waals surface area contributed by atoms with Crippen LogP contribution in [0, 0.1) is 5.82 Å². The number of nitrogens with zero attached hydrogens (tertiary/aromatic N) is 1. The number of hydrogen-bond acceptors (Lipinski definition) is 4. The molecule has 1 aliphatic heterocycles. The number of esters is 1. The van der Waals surface area contributed by atoms with Crippen LogP contribution in [0.2, 0.25) is 0 Å². The minimum absolute atomic E-state index is 0.270. The van der Waals surface area contributed by atoms with Gasteiger partial charge in [-0.2, -0.15) is 0 Å². The lowest BCUT2D eigenvalue weighted by atomic mass is 9.73. The maximum atomic E-state index is 14.0. The Kier molecular flexibility index (Phi) is 5.50. The van der Waals surface area contributed by atoms with Crippen LogP contribution >= 0.6 is 0 Å². The molecule has 152 valence electrons. The van der Waals surface area contributed by atoms with E-state index >= 15 is 0 Å². The van der Waals surface area contributed by atoms with Gasteiger partial charge < -0.3 is 14.4 Å². The maximum absolute atomic E-state index is 14.0. The highest BCUT2D eigenvalue weighted by Crippen LogP contribution is 2.51. The Labute approximate surface area is 165 Å². The number of piperidine rings is 1. The summed E-state index contributed by atoms with van der Waals surface area (Å²) in [7, 11) is 0. The van der Waals surface area contributed by atoms with Gasteiger partial charge in [-0.25, -0.2) is 14.0 Å². The van der Waals surface area contributed by atoms with Crippen LogP contribution in [0.5, 0.6) is 0 Å². The standard InChI is InChI=1S/C22H28FNO4/c1-5-27-19(25)12-15-14-22(18-13-16(23)6-7-17(15)18)8-10-24(11-9-22)20(26)28-21(2,3)4/h6-7,12-13H,5,8-11,14H2,1-4H3. The molecule has 1 aromatic rings. The average Bonchev–Trinajstić information content (AvgIpc) is 2.87. The minimum Gasteiger partial charge on any atom is -0.463 e. The molecule has 1 heterocycles. The molecule has 5 nitrogen and oxygen atoms in total. The molecule has 1 saturated heterocycles. The number of fused-ring (bicyclic) bond motifs is 2. The number of halogens is 1. The van der Waals surface area contributed by atoms with Gasteiger partial charge in [0.05, 0.1) is 6.61 Å². The van der Waals surface area contributed by atoms with E-state index in [4.69, 9.17) is 9.47 Å². The highest BCUT2D eigenvalue weighted by Gasteiger charge is 2.44. The number of ether oxygens (including phenoxy) is 2. The molecule has 0 aromatic heterocycles. The van der Waals surface area contributed by atoms with Gasteiger partial charge in [-0.3, -0.25) is 0 Å². The van der Waals surface area contributed by atoms with Crippen LogP contribution in [-0.4, -0.2) is 42.3 Å². The molecule has 0 bridgehead atoms. The zero-order valence-electron chi connectivity index (χ0n) is 17.0. The van der Waals surface area contributed by atoms with E-state index in [0.29, 0.717) is 39.0 Å². The largest absolute Gasteiger partial charge is 0.463 e. The van der Waals surface area contributed by atoms with Crippen molar-refractivity contribution in [1.29, 1.82) is 0 Å². The molecule has 0 N–H and O–H groups in total. The van der Waals surface area contributed by atoms with Gasteiger partial charge in [0.15, 0.2) is 0 Å². The number of rotatable bonds is 2. The van der Waals surface area contributed by atoms with E-state index in [-0.39, 0.29) is 23.3 Å². The Hall–Kier alpha value is -2.37. The second kappa shape index (κ2) is 7.57. The van der Waals surface area contributed by atoms with E-state index in [0.717, 1.165) is 16.7 Å². The fourth-order valence-corrected chi connectivity index (χ4v) is 4.14. The fraction of sp³-hybridized carbons (Fsp3) is 0.545. The van der Waals surface area contributed by atoms with Crippen molar-refractivity contribution in [3.8, 4) is 0 Å². The molecular formula is C22H28FNO4. The van der Waals surface area contributed by atoms with Crippen LogP contribution in [0.1, 0.15) is 58.1 Å². The van der Waals surface area contributed by atoms with Crippen molar-refractivity contribution in [2.24, 2.45) is 0 Å². The second-order valence-corrected chi connectivity index (χ2v) is 8.54. The third-order valence-corrected chi connectivity index (χ3v) is 5.38. The highest BCUT2D eigenvalue weighted by molar-refractivity contribution is 5.93. The topological polar surface area (TPSA) is 55.8 Å². The molecule has 0 atom stereocenters. The smallest absolute Gasteiger partial charge is 0.410 e. The zero-order chi connectivity index (χ0) is 20.5. The monoisotopic (exact) mass is 389 g/mol. The minimum atomic E-state index is -0.537. The first-order chi connectivity index (χ1) is 13.1. The highest BCUT2D eigenvalue weighted by atomic mass is 19.1. The Morgan fingerprint density at radius 2 is 1.93 bits per heavy atom. The first-order valence-corrected chi connectivity index (χ1v) is 9.79. The normalized spacial score (nSPS) is 19.6. The molecule has 1 amide bonds. The molecule has 0 radical (unpaired) electrons. The number of hydrogen-bond donors (Lipinski definition) is 0. The van der Waals surface area contributed by atoms with Crippen molar-refractivity contribution in [2.45, 2.75) is 58.0 Å². The third-order valence-electron chi connectivity index (χ3n) is 5.38. The van der Waals surface area contributed by atoms with Crippen LogP contribution in [0.25, 0.3) is 5.57 Å². The Morgan fingerprint density at radius 1 is 1.25 bits per heavy atom. The van der Waals surface area contributed by atoms with Gasteiger partial charge in [0.25, 0.3) is 0 Å². The summed E-state index contributed by atoms with van der Waals surface area (Å²) in [5.41, 5.74) is 1.89. The SMILES string of the molecule is CCOC(=O)C=C1CC2(CCN(C(=O)OC(C)(C)C)CC2)c2cc(F)ccc21. The van der Waals surface area contributed by atoms with Crippen molar-refractivity contribution >= 4 is 17.6 Å². The van der Waals surface area contributed by atoms with Gasteiger partial charge in [-0.05, 0) is 75.8 Å². The summed E-state index contributed by atoms with van der Waals surface area (Å²) >= 11 is 0. The van der Waals surface area contributed by atoms with Gasteiger partial charge in [0.1, 0.15) is 11.4 Å². The predicted molar refractivity (Wildman–Crippen MR) is 104 cm³/mol. The molecule has 1 aliphatic carbocycles. The maximum Gasteiger partial charge on any atom is 0.410 e. The molecule has 0 saturated carbocycles. The number of likely N-dealkylation sites (tertiary alicyclic amines) is 1. The first kappa shape index (κ1) is 20.4. The zero-order valence-corrected chi connectivity index (χ0v) is 17.0. The van der Waals surface area contributed by atoms with Crippen molar-refractivity contribution in [2.75, 3.05) is 19.7 Å². The predicted octanol–water partition coefficient (Wildman–Crippen LogP) is 4.44. The summed E-state index contributed by atoms with van der Waals surface area (Å²) in [5.74, 6) is -0.666. The van der Waals surface area contributed by atoms with E-state index in [1.165, 1.54) is 12.1 Å². The number of allylic oxidation sites excluding steroid dienone is 1. The number of benzene rings is 1. The fourth-order valence-electron chi connectivity index (χ4n) is 4.14. The Morgan fingerprint density at radius 3 is 2.54 bits per heavy atom. The molecule has 2 aliphatic rings. The van der Waals surface area contributed by atoms with Crippen LogP contribution in [-0.2, 0) is 19.7 Å². The van der Waals surface area contributed by atoms with Crippen molar-refractivity contribution in [3.05, 3.63) is 41.2 Å². The van der Waals surface area contributed by atoms with E-state index < -0.39 is 5.60 Å². The summed E-state index contributed by atoms with van der Waals surface area (Å²) in [6.45, 7) is 8.70. The quantitative estimate of drug-likeness (QED) is 0.554. The summed E-state index contributed by atoms with van der Waals surface area (Å²) in [6.07, 6.45) is 3.25. The molecule has 3 rings (SSSR count). The van der Waals surface area contributed by atoms with Crippen molar-refractivity contribution in [3.63, 3.8) is 0 Å². The lowest BCUT2D eigenvalue weighted by Gasteiger charge is -2.40. The molecule has 28 heavy (non-hydrogen) atoms.